The van der Waals surface area contributed by atoms with Gasteiger partial charge in [-0.05, 0) is 32.4 Å². The summed E-state index contributed by atoms with van der Waals surface area (Å²) in [4.78, 5) is 23.1. The molecule has 6 nitrogen and oxygen atoms in total. The number of aryl methyl sites for hydroxylation is 2. The Morgan fingerprint density at radius 3 is 2.46 bits per heavy atom. The lowest BCUT2D eigenvalue weighted by atomic mass is 10.1. The van der Waals surface area contributed by atoms with E-state index >= 15 is 0 Å². The maximum atomic E-state index is 12.6. The van der Waals surface area contributed by atoms with Gasteiger partial charge in [-0.1, -0.05) is 24.3 Å². The molecule has 24 heavy (non-hydrogen) atoms. The zero-order valence-corrected chi connectivity index (χ0v) is 13.5. The minimum absolute atomic E-state index is 0.0371. The molecule has 0 saturated heterocycles. The number of benzene rings is 2. The molecular formula is C18H16N2O4. The zero-order chi connectivity index (χ0) is 17.4. The first-order valence-corrected chi connectivity index (χ1v) is 7.44. The van der Waals surface area contributed by atoms with Gasteiger partial charge in [0.1, 0.15) is 5.58 Å². The highest BCUT2D eigenvalue weighted by Gasteiger charge is 2.21. The third-order valence-corrected chi connectivity index (χ3v) is 4.12. The van der Waals surface area contributed by atoms with Crippen LogP contribution in [0.25, 0.3) is 11.0 Å². The van der Waals surface area contributed by atoms with E-state index in [0.29, 0.717) is 16.8 Å². The molecule has 2 aromatic carbocycles. The van der Waals surface area contributed by atoms with Crippen molar-refractivity contribution in [2.45, 2.75) is 20.8 Å². The van der Waals surface area contributed by atoms with Gasteiger partial charge >= 0.3 is 0 Å². The number of nitrogens with one attached hydrogen (secondary N) is 1. The van der Waals surface area contributed by atoms with Crippen molar-refractivity contribution >= 4 is 28.3 Å². The summed E-state index contributed by atoms with van der Waals surface area (Å²) in [7, 11) is 0. The molecule has 122 valence electrons. The van der Waals surface area contributed by atoms with E-state index in [1.54, 1.807) is 13.0 Å². The number of para-hydroxylation sites is 1. The second-order valence-corrected chi connectivity index (χ2v) is 5.67. The standard InChI is InChI=1S/C18H16N2O4/c1-10-6-4-7-13-11(2)17(24-16(10)13)18(21)19-14-8-5-9-15(12(14)3)20(22)23/h4-9H,1-3H3,(H,19,21). The highest BCUT2D eigenvalue weighted by Crippen LogP contribution is 2.30. The Morgan fingerprint density at radius 2 is 1.79 bits per heavy atom. The smallest absolute Gasteiger partial charge is 0.291 e. The maximum absolute atomic E-state index is 12.6. The first-order chi connectivity index (χ1) is 11.4. The van der Waals surface area contributed by atoms with E-state index in [0.717, 1.165) is 16.5 Å². The number of carbonyl (C=O) groups excluding carboxylic acids is 1. The average molecular weight is 324 g/mol. The Kier molecular flexibility index (Phi) is 3.81. The number of nitro benzene ring substituents is 1. The van der Waals surface area contributed by atoms with Gasteiger partial charge in [-0.25, -0.2) is 0 Å². The highest BCUT2D eigenvalue weighted by atomic mass is 16.6. The quantitative estimate of drug-likeness (QED) is 0.567. The van der Waals surface area contributed by atoms with E-state index < -0.39 is 10.8 Å². The third-order valence-electron chi connectivity index (χ3n) is 4.12. The van der Waals surface area contributed by atoms with Crippen LogP contribution in [0, 0.1) is 30.9 Å². The summed E-state index contributed by atoms with van der Waals surface area (Å²) >= 11 is 0. The normalized spacial score (nSPS) is 10.8. The van der Waals surface area contributed by atoms with Gasteiger partial charge in [0.2, 0.25) is 0 Å². The van der Waals surface area contributed by atoms with Crippen LogP contribution in [0.4, 0.5) is 11.4 Å². The summed E-state index contributed by atoms with van der Waals surface area (Å²) in [6.45, 7) is 5.33. The zero-order valence-electron chi connectivity index (χ0n) is 13.5. The van der Waals surface area contributed by atoms with Gasteiger partial charge < -0.3 is 9.73 Å². The maximum Gasteiger partial charge on any atom is 0.291 e. The van der Waals surface area contributed by atoms with Gasteiger partial charge in [-0.3, -0.25) is 14.9 Å². The number of hydrogen-bond acceptors (Lipinski definition) is 4. The Bertz CT molecular complexity index is 973. The van der Waals surface area contributed by atoms with Crippen LogP contribution in [0.1, 0.15) is 27.2 Å². The number of nitro groups is 1. The molecule has 0 spiro atoms. The minimum atomic E-state index is -0.471. The second-order valence-electron chi connectivity index (χ2n) is 5.67. The number of furan rings is 1. The first-order valence-electron chi connectivity index (χ1n) is 7.44. The molecule has 0 atom stereocenters. The Balaban J connectivity index is 2.00. The molecule has 0 unspecified atom stereocenters. The fraction of sp³-hybridized carbons (Fsp3) is 0.167. The van der Waals surface area contributed by atoms with Crippen LogP contribution in [0.15, 0.2) is 40.8 Å². The number of rotatable bonds is 3. The summed E-state index contributed by atoms with van der Waals surface area (Å²) in [5.74, 6) is -0.211. The van der Waals surface area contributed by atoms with Crippen molar-refractivity contribution in [2.75, 3.05) is 5.32 Å². The van der Waals surface area contributed by atoms with Crippen molar-refractivity contribution < 1.29 is 14.1 Å². The van der Waals surface area contributed by atoms with Crippen molar-refractivity contribution in [3.63, 3.8) is 0 Å². The van der Waals surface area contributed by atoms with Crippen LogP contribution in [-0.2, 0) is 0 Å². The Labute approximate surface area is 138 Å². The molecule has 1 heterocycles. The van der Waals surface area contributed by atoms with Crippen LogP contribution < -0.4 is 5.32 Å². The number of nitrogens with zero attached hydrogens (tertiary/aromatic N) is 1. The lowest BCUT2D eigenvalue weighted by Gasteiger charge is -2.07. The summed E-state index contributed by atoms with van der Waals surface area (Å²) in [6.07, 6.45) is 0. The van der Waals surface area contributed by atoms with Crippen LogP contribution in [-0.4, -0.2) is 10.8 Å². The fourth-order valence-corrected chi connectivity index (χ4v) is 2.74. The molecule has 6 heteroatoms. The molecule has 0 saturated carbocycles. The van der Waals surface area contributed by atoms with Gasteiger partial charge in [-0.15, -0.1) is 0 Å². The van der Waals surface area contributed by atoms with E-state index in [9.17, 15) is 14.9 Å². The van der Waals surface area contributed by atoms with Gasteiger partial charge in [-0.2, -0.15) is 0 Å². The van der Waals surface area contributed by atoms with Crippen molar-refractivity contribution in [2.24, 2.45) is 0 Å². The largest absolute Gasteiger partial charge is 0.450 e. The lowest BCUT2D eigenvalue weighted by Crippen LogP contribution is -2.13. The van der Waals surface area contributed by atoms with Gasteiger partial charge in [0.25, 0.3) is 11.6 Å². The van der Waals surface area contributed by atoms with Crippen molar-refractivity contribution in [1.29, 1.82) is 0 Å². The second kappa shape index (κ2) is 5.81. The Morgan fingerprint density at radius 1 is 1.08 bits per heavy atom. The predicted octanol–water partition coefficient (Wildman–Crippen LogP) is 4.52. The van der Waals surface area contributed by atoms with Crippen LogP contribution in [0.5, 0.6) is 0 Å². The number of hydrogen-bond donors (Lipinski definition) is 1. The van der Waals surface area contributed by atoms with Crippen molar-refractivity contribution in [1.82, 2.24) is 0 Å². The topological polar surface area (TPSA) is 85.4 Å². The molecule has 0 radical (unpaired) electrons. The van der Waals surface area contributed by atoms with Gasteiger partial charge in [0.05, 0.1) is 16.2 Å². The first kappa shape index (κ1) is 15.7. The Hall–Kier alpha value is -3.15. The molecule has 0 aliphatic carbocycles. The SMILES string of the molecule is Cc1c(NC(=O)c2oc3c(C)cccc3c2C)cccc1[N+](=O)[O-]. The van der Waals surface area contributed by atoms with Crippen LogP contribution >= 0.6 is 0 Å². The third kappa shape index (κ3) is 2.52. The molecular weight excluding hydrogens is 308 g/mol. The van der Waals surface area contributed by atoms with Crippen LogP contribution in [0.3, 0.4) is 0 Å². The molecule has 1 amide bonds. The summed E-state index contributed by atoms with van der Waals surface area (Å²) in [6, 6.07) is 10.3. The molecule has 1 N–H and O–H groups in total. The monoisotopic (exact) mass is 324 g/mol. The van der Waals surface area contributed by atoms with Gasteiger partial charge in [0, 0.05) is 17.0 Å². The van der Waals surface area contributed by atoms with Crippen molar-refractivity contribution in [3.8, 4) is 0 Å². The van der Waals surface area contributed by atoms with E-state index in [-0.39, 0.29) is 11.4 Å². The highest BCUT2D eigenvalue weighted by molar-refractivity contribution is 6.07. The van der Waals surface area contributed by atoms with E-state index in [2.05, 4.69) is 5.32 Å². The molecule has 0 aliphatic heterocycles. The molecule has 0 bridgehead atoms. The lowest BCUT2D eigenvalue weighted by molar-refractivity contribution is -0.385. The summed E-state index contributed by atoms with van der Waals surface area (Å²) in [5.41, 5.74) is 3.13. The number of anilines is 1. The van der Waals surface area contributed by atoms with E-state index in [1.807, 2.05) is 32.0 Å². The van der Waals surface area contributed by atoms with E-state index in [4.69, 9.17) is 4.42 Å². The van der Waals surface area contributed by atoms with Crippen LogP contribution in [0.2, 0.25) is 0 Å². The average Bonchev–Trinajstić information content (AvgIpc) is 2.88. The van der Waals surface area contributed by atoms with Crippen molar-refractivity contribution in [3.05, 3.63) is 69.0 Å². The minimum Gasteiger partial charge on any atom is -0.450 e. The number of amides is 1. The molecule has 0 fully saturated rings. The van der Waals surface area contributed by atoms with E-state index in [1.165, 1.54) is 12.1 Å². The molecule has 3 aromatic rings. The molecule has 3 rings (SSSR count). The van der Waals surface area contributed by atoms with Gasteiger partial charge in [0.15, 0.2) is 5.76 Å². The summed E-state index contributed by atoms with van der Waals surface area (Å²) < 4.78 is 5.74. The molecule has 0 aliphatic rings. The number of fused-ring (bicyclic) bond motifs is 1. The summed E-state index contributed by atoms with van der Waals surface area (Å²) in [5, 5.41) is 14.6. The molecule has 1 aromatic heterocycles. The predicted molar refractivity (Wildman–Crippen MR) is 91.5 cm³/mol. The number of carbonyl (C=O) groups is 1. The fourth-order valence-electron chi connectivity index (χ4n) is 2.74.